The first kappa shape index (κ1) is 18.3. The van der Waals surface area contributed by atoms with Crippen LogP contribution in [0.1, 0.15) is 34.3 Å². The summed E-state index contributed by atoms with van der Waals surface area (Å²) in [6.07, 6.45) is 1.52. The molecule has 2 N–H and O–H groups in total. The zero-order valence-corrected chi connectivity index (χ0v) is 14.2. The number of carbonyl (C=O) groups excluding carboxylic acids is 1. The lowest BCUT2D eigenvalue weighted by Crippen LogP contribution is -2.22. The number of benzene rings is 1. The van der Waals surface area contributed by atoms with E-state index in [1.54, 1.807) is 25.2 Å². The van der Waals surface area contributed by atoms with Crippen molar-refractivity contribution in [3.05, 3.63) is 65.6 Å². The molecule has 2 aromatic rings. The van der Waals surface area contributed by atoms with Crippen molar-refractivity contribution in [3.63, 3.8) is 0 Å². The Morgan fingerprint density at radius 2 is 2.12 bits per heavy atom. The van der Waals surface area contributed by atoms with Crippen LogP contribution in [-0.2, 0) is 13.2 Å². The lowest BCUT2D eigenvalue weighted by atomic mass is 10.1. The van der Waals surface area contributed by atoms with Gasteiger partial charge < -0.3 is 14.9 Å². The van der Waals surface area contributed by atoms with Crippen LogP contribution >= 0.6 is 0 Å². The summed E-state index contributed by atoms with van der Waals surface area (Å²) in [7, 11) is 1.62. The Kier molecular flexibility index (Phi) is 6.36. The fourth-order valence-corrected chi connectivity index (χ4v) is 2.03. The molecule has 0 atom stereocenters. The minimum Gasteiger partial charge on any atom is -0.390 e. The number of hydrogen-bond acceptors (Lipinski definition) is 5. The molecule has 7 nitrogen and oxygen atoms in total. The first-order valence-corrected chi connectivity index (χ1v) is 7.65. The van der Waals surface area contributed by atoms with Gasteiger partial charge in [0.25, 0.3) is 0 Å². The van der Waals surface area contributed by atoms with Gasteiger partial charge in [-0.05, 0) is 18.6 Å². The van der Waals surface area contributed by atoms with E-state index in [0.717, 1.165) is 5.56 Å². The lowest BCUT2D eigenvalue weighted by Gasteiger charge is -2.07. The van der Waals surface area contributed by atoms with Gasteiger partial charge in [-0.2, -0.15) is 0 Å². The molecule has 0 unspecified atom stereocenters. The highest BCUT2D eigenvalue weighted by Gasteiger charge is 2.09. The molecule has 0 aliphatic heterocycles. The smallest absolute Gasteiger partial charge is 0.218 e. The zero-order chi connectivity index (χ0) is 18.2. The summed E-state index contributed by atoms with van der Waals surface area (Å²) < 4.78 is 5.13. The Balaban J connectivity index is 2.08. The average molecular weight is 340 g/mol. The van der Waals surface area contributed by atoms with Crippen LogP contribution in [0.3, 0.4) is 0 Å². The van der Waals surface area contributed by atoms with Gasteiger partial charge in [-0.1, -0.05) is 36.0 Å². The number of allylic oxidation sites excluding steroid dienone is 1. The second-order valence-electron chi connectivity index (χ2n) is 5.20. The van der Waals surface area contributed by atoms with Crippen molar-refractivity contribution in [2.75, 3.05) is 7.05 Å². The molecular weight excluding hydrogens is 320 g/mol. The summed E-state index contributed by atoms with van der Waals surface area (Å²) in [6, 6.07) is 8.91. The van der Waals surface area contributed by atoms with Crippen molar-refractivity contribution in [1.29, 1.82) is 0 Å². The van der Waals surface area contributed by atoms with Crippen LogP contribution in [-0.4, -0.2) is 34.8 Å². The minimum absolute atomic E-state index is 0.0323. The third kappa shape index (κ3) is 4.95. The van der Waals surface area contributed by atoms with E-state index < -0.39 is 0 Å². The van der Waals surface area contributed by atoms with E-state index in [-0.39, 0.29) is 12.4 Å². The highest BCUT2D eigenvalue weighted by atomic mass is 16.5. The van der Waals surface area contributed by atoms with Crippen LogP contribution in [0.15, 0.2) is 57.5 Å². The summed E-state index contributed by atoms with van der Waals surface area (Å²) in [4.78, 5) is 19.7. The van der Waals surface area contributed by atoms with E-state index in [9.17, 15) is 4.79 Å². The second kappa shape index (κ2) is 8.70. The number of Topliss-reactive ketones (excluding diaryl/α,β-unsaturated/α-hetero) is 1. The van der Waals surface area contributed by atoms with Gasteiger partial charge in [-0.25, -0.2) is 4.99 Å². The molecule has 7 heteroatoms. The van der Waals surface area contributed by atoms with Gasteiger partial charge >= 0.3 is 0 Å². The predicted molar refractivity (Wildman–Crippen MR) is 95.8 cm³/mol. The largest absolute Gasteiger partial charge is 0.390 e. The van der Waals surface area contributed by atoms with Crippen LogP contribution in [0.25, 0.3) is 0 Å². The van der Waals surface area contributed by atoms with Crippen molar-refractivity contribution in [1.82, 2.24) is 10.5 Å². The predicted octanol–water partition coefficient (Wildman–Crippen LogP) is 2.12. The summed E-state index contributed by atoms with van der Waals surface area (Å²) in [5, 5.41) is 15.9. The number of ketones is 1. The van der Waals surface area contributed by atoms with Crippen molar-refractivity contribution in [3.8, 4) is 0 Å². The number of carbonyl (C=O) groups is 1. The fraction of sp³-hybridized carbons (Fsp3) is 0.222. The molecule has 0 amide bonds. The number of hydrogen-bond donors (Lipinski definition) is 2. The molecule has 0 aliphatic rings. The van der Waals surface area contributed by atoms with E-state index >= 15 is 0 Å². The van der Waals surface area contributed by atoms with E-state index in [4.69, 9.17) is 9.63 Å². The summed E-state index contributed by atoms with van der Waals surface area (Å²) >= 11 is 0. The van der Waals surface area contributed by atoms with Crippen LogP contribution in [0, 0.1) is 0 Å². The maximum atomic E-state index is 11.3. The molecule has 0 bridgehead atoms. The number of aliphatic hydroxyl groups is 1. The molecule has 25 heavy (non-hydrogen) atoms. The molecule has 130 valence electrons. The molecule has 1 heterocycles. The Morgan fingerprint density at radius 1 is 1.40 bits per heavy atom. The van der Waals surface area contributed by atoms with E-state index in [2.05, 4.69) is 27.0 Å². The Morgan fingerprint density at radius 3 is 2.64 bits per heavy atom. The van der Waals surface area contributed by atoms with Crippen molar-refractivity contribution >= 4 is 17.5 Å². The van der Waals surface area contributed by atoms with Crippen LogP contribution in [0.2, 0.25) is 0 Å². The molecule has 0 saturated heterocycles. The summed E-state index contributed by atoms with van der Waals surface area (Å²) in [5.41, 5.74) is 2.53. The molecule has 0 spiro atoms. The Hall–Kier alpha value is -3.06. The van der Waals surface area contributed by atoms with Gasteiger partial charge in [0.15, 0.2) is 11.5 Å². The molecule has 0 fully saturated rings. The maximum absolute atomic E-state index is 11.3. The minimum atomic E-state index is -0.211. The Labute approximate surface area is 145 Å². The normalized spacial score (nSPS) is 12.1. The van der Waals surface area contributed by atoms with E-state index in [0.29, 0.717) is 35.2 Å². The quantitative estimate of drug-likeness (QED) is 0.477. The zero-order valence-electron chi connectivity index (χ0n) is 14.2. The third-order valence-corrected chi connectivity index (χ3v) is 3.42. The molecule has 2 rings (SSSR count). The molecule has 0 aliphatic carbocycles. The number of aromatic nitrogens is 1. The summed E-state index contributed by atoms with van der Waals surface area (Å²) in [6.45, 7) is 5.53. The molecule has 1 aromatic carbocycles. The van der Waals surface area contributed by atoms with Gasteiger partial charge in [0, 0.05) is 25.2 Å². The van der Waals surface area contributed by atoms with Crippen LogP contribution < -0.4 is 5.32 Å². The first-order valence-electron chi connectivity index (χ1n) is 7.65. The highest BCUT2D eigenvalue weighted by molar-refractivity contribution is 6.11. The average Bonchev–Trinajstić information content (AvgIpc) is 3.11. The third-order valence-electron chi connectivity index (χ3n) is 3.42. The van der Waals surface area contributed by atoms with Crippen LogP contribution in [0.4, 0.5) is 0 Å². The SMILES string of the molecule is C=C/C(=N\C(=N/C)NCc1ccc(C(C)=O)cc1)c1cc(CO)no1. The van der Waals surface area contributed by atoms with E-state index in [1.807, 2.05) is 12.1 Å². The number of aliphatic imine (C=N–C) groups is 2. The van der Waals surface area contributed by atoms with Crippen molar-refractivity contribution in [2.45, 2.75) is 20.1 Å². The number of aliphatic hydroxyl groups excluding tert-OH is 1. The van der Waals surface area contributed by atoms with Gasteiger partial charge in [0.1, 0.15) is 11.4 Å². The fourth-order valence-electron chi connectivity index (χ4n) is 2.03. The summed E-state index contributed by atoms with van der Waals surface area (Å²) in [5.74, 6) is 0.824. The molecule has 1 aromatic heterocycles. The van der Waals surface area contributed by atoms with Gasteiger partial charge in [0.2, 0.25) is 5.96 Å². The topological polar surface area (TPSA) is 100 Å². The monoisotopic (exact) mass is 340 g/mol. The maximum Gasteiger partial charge on any atom is 0.218 e. The number of nitrogens with one attached hydrogen (secondary N) is 1. The number of rotatable bonds is 6. The molecule has 0 radical (unpaired) electrons. The lowest BCUT2D eigenvalue weighted by molar-refractivity contribution is 0.101. The molecular formula is C18H20N4O3. The van der Waals surface area contributed by atoms with Crippen molar-refractivity contribution < 1.29 is 14.4 Å². The molecule has 0 saturated carbocycles. The van der Waals surface area contributed by atoms with Gasteiger partial charge in [-0.15, -0.1) is 0 Å². The van der Waals surface area contributed by atoms with E-state index in [1.165, 1.54) is 13.0 Å². The standard InChI is InChI=1S/C18H20N4O3/c1-4-16(17-9-15(11-23)22-25-17)21-18(19-3)20-10-13-5-7-14(8-6-13)12(2)24/h4-9,23H,1,10-11H2,2-3H3,(H,19,20)/b21-16+. The highest BCUT2D eigenvalue weighted by Crippen LogP contribution is 2.07. The first-order chi connectivity index (χ1) is 12.1. The number of guanidine groups is 1. The van der Waals surface area contributed by atoms with Crippen molar-refractivity contribution in [2.24, 2.45) is 9.98 Å². The second-order valence-corrected chi connectivity index (χ2v) is 5.20. The van der Waals surface area contributed by atoms with Crippen LogP contribution in [0.5, 0.6) is 0 Å². The number of nitrogens with zero attached hydrogens (tertiary/aromatic N) is 3. The van der Waals surface area contributed by atoms with Gasteiger partial charge in [0.05, 0.1) is 6.61 Å². The Bertz CT molecular complexity index is 804. The van der Waals surface area contributed by atoms with Gasteiger partial charge in [-0.3, -0.25) is 9.79 Å².